The van der Waals surface area contributed by atoms with Gasteiger partial charge in [-0.25, -0.2) is 9.59 Å². The first-order valence-corrected chi connectivity index (χ1v) is 11.2. The Morgan fingerprint density at radius 2 is 1.04 bits per heavy atom. The van der Waals surface area contributed by atoms with E-state index in [1.807, 2.05) is 0 Å². The van der Waals surface area contributed by atoms with Crippen LogP contribution in [0.25, 0.3) is 0 Å². The molecule has 164 valence electrons. The standard InChI is InChI=1S/C20H42N6O2/c21-13-7-1-3-9-15-23-19(27)25-17-11-5-6-12-18(17)26-20(28)24-16-10-4-2-8-14-22/h17-18H,1-16,21-22H2,(H2,23,25,27)(H2,24,26,28)/t17-,18-/m0/s1. The molecule has 1 fully saturated rings. The zero-order valence-corrected chi connectivity index (χ0v) is 17.4. The molecule has 8 N–H and O–H groups in total. The largest absolute Gasteiger partial charge is 0.338 e. The van der Waals surface area contributed by atoms with Crippen molar-refractivity contribution in [3.05, 3.63) is 0 Å². The van der Waals surface area contributed by atoms with Crippen molar-refractivity contribution < 1.29 is 9.59 Å². The molecular weight excluding hydrogens is 356 g/mol. The maximum absolute atomic E-state index is 12.1. The molecule has 8 nitrogen and oxygen atoms in total. The van der Waals surface area contributed by atoms with E-state index < -0.39 is 0 Å². The highest BCUT2D eigenvalue weighted by molar-refractivity contribution is 5.75. The normalized spacial score (nSPS) is 19.1. The highest BCUT2D eigenvalue weighted by atomic mass is 16.2. The molecule has 0 heterocycles. The van der Waals surface area contributed by atoms with Crippen LogP contribution >= 0.6 is 0 Å². The first-order chi connectivity index (χ1) is 13.7. The number of carbonyl (C=O) groups is 2. The number of urea groups is 2. The lowest BCUT2D eigenvalue weighted by Gasteiger charge is -2.32. The number of nitrogens with two attached hydrogens (primary N) is 2. The average molecular weight is 399 g/mol. The van der Waals surface area contributed by atoms with E-state index in [9.17, 15) is 9.59 Å². The fraction of sp³-hybridized carbons (Fsp3) is 0.900. The first-order valence-electron chi connectivity index (χ1n) is 11.2. The van der Waals surface area contributed by atoms with Crippen LogP contribution < -0.4 is 32.7 Å². The van der Waals surface area contributed by atoms with E-state index in [1.54, 1.807) is 0 Å². The van der Waals surface area contributed by atoms with Gasteiger partial charge in [-0.3, -0.25) is 0 Å². The summed E-state index contributed by atoms with van der Waals surface area (Å²) < 4.78 is 0. The molecule has 1 saturated carbocycles. The number of hydrogen-bond donors (Lipinski definition) is 6. The Morgan fingerprint density at radius 1 is 0.643 bits per heavy atom. The summed E-state index contributed by atoms with van der Waals surface area (Å²) in [7, 11) is 0. The Morgan fingerprint density at radius 3 is 1.43 bits per heavy atom. The van der Waals surface area contributed by atoms with Crippen LogP contribution in [0.15, 0.2) is 0 Å². The van der Waals surface area contributed by atoms with Gasteiger partial charge in [-0.1, -0.05) is 38.5 Å². The number of amides is 4. The van der Waals surface area contributed by atoms with E-state index in [4.69, 9.17) is 11.5 Å². The smallest absolute Gasteiger partial charge is 0.315 e. The Kier molecular flexibility index (Phi) is 14.4. The summed E-state index contributed by atoms with van der Waals surface area (Å²) in [6.07, 6.45) is 12.3. The van der Waals surface area contributed by atoms with Gasteiger partial charge in [0.2, 0.25) is 0 Å². The number of unbranched alkanes of at least 4 members (excludes halogenated alkanes) is 6. The van der Waals surface area contributed by atoms with Gasteiger partial charge >= 0.3 is 12.1 Å². The number of carbonyl (C=O) groups excluding carboxylic acids is 2. The molecule has 0 saturated heterocycles. The number of nitrogens with one attached hydrogen (secondary N) is 4. The average Bonchev–Trinajstić information content (AvgIpc) is 2.69. The van der Waals surface area contributed by atoms with Crippen molar-refractivity contribution >= 4 is 12.1 Å². The second-order valence-electron chi connectivity index (χ2n) is 7.70. The summed E-state index contributed by atoms with van der Waals surface area (Å²) in [5.41, 5.74) is 11.0. The van der Waals surface area contributed by atoms with Crippen LogP contribution in [0.4, 0.5) is 9.59 Å². The lowest BCUT2D eigenvalue weighted by Crippen LogP contribution is -2.56. The maximum atomic E-state index is 12.1. The first kappa shape index (κ1) is 24.5. The Labute approximate surface area is 170 Å². The van der Waals surface area contributed by atoms with Crippen molar-refractivity contribution in [1.29, 1.82) is 0 Å². The van der Waals surface area contributed by atoms with Crippen molar-refractivity contribution in [3.8, 4) is 0 Å². The molecule has 2 atom stereocenters. The summed E-state index contributed by atoms with van der Waals surface area (Å²) in [6, 6.07) is -0.307. The minimum absolute atomic E-state index is 0.0127. The molecule has 0 radical (unpaired) electrons. The van der Waals surface area contributed by atoms with Crippen LogP contribution in [-0.4, -0.2) is 50.3 Å². The van der Waals surface area contributed by atoms with Gasteiger partial charge in [0.15, 0.2) is 0 Å². The third kappa shape index (κ3) is 12.0. The molecule has 28 heavy (non-hydrogen) atoms. The lowest BCUT2D eigenvalue weighted by atomic mass is 9.90. The highest BCUT2D eigenvalue weighted by Crippen LogP contribution is 2.18. The summed E-state index contributed by atoms with van der Waals surface area (Å²) in [6.45, 7) is 2.80. The van der Waals surface area contributed by atoms with E-state index in [0.29, 0.717) is 13.1 Å². The molecule has 0 aromatic heterocycles. The third-order valence-electron chi connectivity index (χ3n) is 5.23. The monoisotopic (exact) mass is 398 g/mol. The van der Waals surface area contributed by atoms with E-state index in [1.165, 1.54) is 0 Å². The van der Waals surface area contributed by atoms with E-state index >= 15 is 0 Å². The van der Waals surface area contributed by atoms with E-state index in [0.717, 1.165) is 90.1 Å². The Hall–Kier alpha value is -1.54. The molecule has 0 spiro atoms. The molecule has 0 aromatic carbocycles. The molecular formula is C20H42N6O2. The van der Waals surface area contributed by atoms with Crippen LogP contribution in [0.2, 0.25) is 0 Å². The third-order valence-corrected chi connectivity index (χ3v) is 5.23. The summed E-state index contributed by atoms with van der Waals surface area (Å²) in [5, 5.41) is 11.9. The predicted octanol–water partition coefficient (Wildman–Crippen LogP) is 1.93. The second kappa shape index (κ2) is 16.4. The predicted molar refractivity (Wildman–Crippen MR) is 114 cm³/mol. The molecule has 8 heteroatoms. The molecule has 0 aromatic rings. The van der Waals surface area contributed by atoms with Crippen molar-refractivity contribution in [1.82, 2.24) is 21.3 Å². The van der Waals surface area contributed by atoms with Crippen molar-refractivity contribution in [2.24, 2.45) is 11.5 Å². The molecule has 0 unspecified atom stereocenters. The van der Waals surface area contributed by atoms with Gasteiger partial charge in [-0.15, -0.1) is 0 Å². The van der Waals surface area contributed by atoms with Crippen molar-refractivity contribution in [2.45, 2.75) is 89.1 Å². The number of rotatable bonds is 14. The quantitative estimate of drug-likeness (QED) is 0.249. The fourth-order valence-electron chi connectivity index (χ4n) is 3.56. The van der Waals surface area contributed by atoms with E-state index in [-0.39, 0.29) is 24.1 Å². The van der Waals surface area contributed by atoms with Gasteiger partial charge in [0.1, 0.15) is 0 Å². The molecule has 1 aliphatic rings. The maximum Gasteiger partial charge on any atom is 0.315 e. The van der Waals surface area contributed by atoms with Crippen LogP contribution in [0, 0.1) is 0 Å². The lowest BCUT2D eigenvalue weighted by molar-refractivity contribution is 0.213. The zero-order chi connectivity index (χ0) is 20.5. The summed E-state index contributed by atoms with van der Waals surface area (Å²) in [4.78, 5) is 24.3. The van der Waals surface area contributed by atoms with Gasteiger partial charge in [0, 0.05) is 13.1 Å². The SMILES string of the molecule is NCCCCCCNC(=O)N[C@H]1CCCC[C@@H]1NC(=O)NCCCCCCN. The van der Waals surface area contributed by atoms with Crippen LogP contribution in [0.5, 0.6) is 0 Å². The van der Waals surface area contributed by atoms with Crippen LogP contribution in [-0.2, 0) is 0 Å². The van der Waals surface area contributed by atoms with Gasteiger partial charge in [0.25, 0.3) is 0 Å². The Balaban J connectivity index is 2.21. The highest BCUT2D eigenvalue weighted by Gasteiger charge is 2.27. The van der Waals surface area contributed by atoms with Gasteiger partial charge in [-0.2, -0.15) is 0 Å². The van der Waals surface area contributed by atoms with Crippen LogP contribution in [0.3, 0.4) is 0 Å². The van der Waals surface area contributed by atoms with Crippen molar-refractivity contribution in [3.63, 3.8) is 0 Å². The van der Waals surface area contributed by atoms with Crippen molar-refractivity contribution in [2.75, 3.05) is 26.2 Å². The molecule has 0 bridgehead atoms. The molecule has 1 aliphatic carbocycles. The van der Waals surface area contributed by atoms with E-state index in [2.05, 4.69) is 21.3 Å². The van der Waals surface area contributed by atoms with Crippen LogP contribution in [0.1, 0.15) is 77.0 Å². The minimum Gasteiger partial charge on any atom is -0.338 e. The fourth-order valence-corrected chi connectivity index (χ4v) is 3.56. The topological polar surface area (TPSA) is 134 Å². The minimum atomic E-state index is -0.141. The summed E-state index contributed by atoms with van der Waals surface area (Å²) >= 11 is 0. The molecule has 4 amide bonds. The molecule has 0 aliphatic heterocycles. The number of hydrogen-bond acceptors (Lipinski definition) is 4. The second-order valence-corrected chi connectivity index (χ2v) is 7.70. The molecule has 1 rings (SSSR count). The summed E-state index contributed by atoms with van der Waals surface area (Å²) in [5.74, 6) is 0. The van der Waals surface area contributed by atoms with Gasteiger partial charge in [-0.05, 0) is 51.6 Å². The van der Waals surface area contributed by atoms with Gasteiger partial charge < -0.3 is 32.7 Å². The van der Waals surface area contributed by atoms with Gasteiger partial charge in [0.05, 0.1) is 12.1 Å². The Bertz CT molecular complexity index is 384. The zero-order valence-electron chi connectivity index (χ0n) is 17.4.